The fourth-order valence-electron chi connectivity index (χ4n) is 1.69. The molecule has 0 aliphatic carbocycles. The minimum atomic E-state index is 0.384. The molecule has 0 radical (unpaired) electrons. The highest BCUT2D eigenvalue weighted by Gasteiger charge is 1.97. The maximum atomic E-state index is 5.47. The van der Waals surface area contributed by atoms with E-state index in [0.717, 1.165) is 11.1 Å². The van der Waals surface area contributed by atoms with E-state index in [0.29, 0.717) is 23.3 Å². The van der Waals surface area contributed by atoms with Crippen molar-refractivity contribution in [2.45, 2.75) is 13.2 Å². The molecule has 0 saturated heterocycles. The van der Waals surface area contributed by atoms with Gasteiger partial charge >= 0.3 is 0 Å². The number of thiocarbonyl (C=S) groups is 2. The predicted molar refractivity (Wildman–Crippen MR) is 96.8 cm³/mol. The van der Waals surface area contributed by atoms with Crippen molar-refractivity contribution in [1.29, 1.82) is 0 Å². The van der Waals surface area contributed by atoms with Crippen LogP contribution in [0.25, 0.3) is 0 Å². The molecule has 22 heavy (non-hydrogen) atoms. The van der Waals surface area contributed by atoms with E-state index in [1.54, 1.807) is 12.2 Å². The Kier molecular flexibility index (Phi) is 6.74. The van der Waals surface area contributed by atoms with Crippen LogP contribution in [0.2, 0.25) is 0 Å². The van der Waals surface area contributed by atoms with E-state index in [-0.39, 0.29) is 0 Å². The number of benzene rings is 2. The van der Waals surface area contributed by atoms with Gasteiger partial charge in [0.1, 0.15) is 13.2 Å². The summed E-state index contributed by atoms with van der Waals surface area (Å²) in [5.41, 5.74) is 2.14. The minimum absolute atomic E-state index is 0.384. The lowest BCUT2D eigenvalue weighted by molar-refractivity contribution is 0.301. The van der Waals surface area contributed by atoms with Gasteiger partial charge in [0.15, 0.2) is 10.1 Å². The van der Waals surface area contributed by atoms with Crippen LogP contribution in [-0.2, 0) is 22.7 Å². The van der Waals surface area contributed by atoms with Crippen molar-refractivity contribution in [2.75, 3.05) is 0 Å². The zero-order chi connectivity index (χ0) is 15.6. The molecule has 0 aliphatic heterocycles. The summed E-state index contributed by atoms with van der Waals surface area (Å²) in [6, 6.07) is 19.7. The van der Waals surface area contributed by atoms with Crippen LogP contribution in [0.4, 0.5) is 0 Å². The summed E-state index contributed by atoms with van der Waals surface area (Å²) in [7, 11) is 0. The molecule has 0 unspecified atom stereocenters. The second kappa shape index (κ2) is 9.07. The minimum Gasteiger partial charge on any atom is -0.479 e. The molecular weight excluding hydrogens is 312 g/mol. The fraction of sp³-hybridized carbons (Fsp3) is 0.111. The van der Waals surface area contributed by atoms with Crippen LogP contribution in [0, 0.1) is 0 Å². The highest BCUT2D eigenvalue weighted by molar-refractivity contribution is 7.80. The molecule has 4 heteroatoms. The summed E-state index contributed by atoms with van der Waals surface area (Å²) in [5.74, 6) is 0. The number of rotatable bonds is 6. The maximum Gasteiger partial charge on any atom is 0.184 e. The Morgan fingerprint density at radius 1 is 0.682 bits per heavy atom. The van der Waals surface area contributed by atoms with Crippen LogP contribution in [0.3, 0.4) is 0 Å². The number of ether oxygens (including phenoxy) is 2. The summed E-state index contributed by atoms with van der Waals surface area (Å²) in [6.07, 6.45) is 3.29. The van der Waals surface area contributed by atoms with Crippen LogP contribution in [0.15, 0.2) is 72.8 Å². The average Bonchev–Trinajstić information content (AvgIpc) is 2.58. The smallest absolute Gasteiger partial charge is 0.184 e. The first-order chi connectivity index (χ1) is 10.7. The molecule has 0 atom stereocenters. The van der Waals surface area contributed by atoms with Crippen LogP contribution >= 0.6 is 24.4 Å². The normalized spacial score (nSPS) is 10.4. The largest absolute Gasteiger partial charge is 0.479 e. The van der Waals surface area contributed by atoms with Crippen molar-refractivity contribution in [1.82, 2.24) is 0 Å². The zero-order valence-corrected chi connectivity index (χ0v) is 13.6. The Morgan fingerprint density at radius 2 is 1.05 bits per heavy atom. The van der Waals surface area contributed by atoms with Crippen molar-refractivity contribution < 1.29 is 9.47 Å². The molecule has 2 nitrogen and oxygen atoms in total. The summed E-state index contributed by atoms with van der Waals surface area (Å²) in [5, 5.41) is 0.768. The monoisotopic (exact) mass is 328 g/mol. The summed E-state index contributed by atoms with van der Waals surface area (Å²) in [6.45, 7) is 0.892. The van der Waals surface area contributed by atoms with Crippen molar-refractivity contribution in [3.8, 4) is 0 Å². The molecule has 0 amide bonds. The topological polar surface area (TPSA) is 18.5 Å². The first kappa shape index (κ1) is 16.3. The molecule has 0 N–H and O–H groups in total. The Balaban J connectivity index is 1.71. The average molecular weight is 328 g/mol. The third-order valence-electron chi connectivity index (χ3n) is 2.80. The second-order valence-corrected chi connectivity index (χ2v) is 5.32. The lowest BCUT2D eigenvalue weighted by atomic mass is 10.2. The molecule has 2 aromatic rings. The maximum absolute atomic E-state index is 5.47. The zero-order valence-electron chi connectivity index (χ0n) is 12.0. The number of hydrogen-bond donors (Lipinski definition) is 0. The van der Waals surface area contributed by atoms with E-state index < -0.39 is 0 Å². The predicted octanol–water partition coefficient (Wildman–Crippen LogP) is 4.63. The molecular formula is C18H16O2S2. The van der Waals surface area contributed by atoms with Gasteiger partial charge in [-0.3, -0.25) is 0 Å². The first-order valence-corrected chi connectivity index (χ1v) is 7.65. The highest BCUT2D eigenvalue weighted by atomic mass is 32.1. The third kappa shape index (κ3) is 6.16. The van der Waals surface area contributed by atoms with Crippen molar-refractivity contribution in [3.63, 3.8) is 0 Å². The highest BCUT2D eigenvalue weighted by Crippen LogP contribution is 2.03. The van der Waals surface area contributed by atoms with Gasteiger partial charge in [0.25, 0.3) is 0 Å². The lowest BCUT2D eigenvalue weighted by Gasteiger charge is -2.05. The van der Waals surface area contributed by atoms with Gasteiger partial charge in [-0.05, 0) is 47.7 Å². The fourth-order valence-corrected chi connectivity index (χ4v) is 1.94. The van der Waals surface area contributed by atoms with Gasteiger partial charge in [-0.15, -0.1) is 0 Å². The van der Waals surface area contributed by atoms with E-state index in [2.05, 4.69) is 0 Å². The molecule has 0 spiro atoms. The summed E-state index contributed by atoms with van der Waals surface area (Å²) < 4.78 is 10.9. The quantitative estimate of drug-likeness (QED) is 0.568. The molecule has 0 bridgehead atoms. The van der Waals surface area contributed by atoms with Crippen molar-refractivity contribution >= 4 is 34.5 Å². The Labute approximate surface area is 141 Å². The molecule has 0 fully saturated rings. The van der Waals surface area contributed by atoms with Crippen LogP contribution < -0.4 is 0 Å². The van der Waals surface area contributed by atoms with E-state index in [1.165, 1.54) is 0 Å². The van der Waals surface area contributed by atoms with E-state index in [4.69, 9.17) is 33.9 Å². The summed E-state index contributed by atoms with van der Waals surface area (Å²) in [4.78, 5) is 0. The van der Waals surface area contributed by atoms with E-state index >= 15 is 0 Å². The molecule has 0 aromatic heterocycles. The van der Waals surface area contributed by atoms with Gasteiger partial charge < -0.3 is 9.47 Å². The van der Waals surface area contributed by atoms with Crippen molar-refractivity contribution in [2.24, 2.45) is 0 Å². The lowest BCUT2D eigenvalue weighted by Crippen LogP contribution is -2.02. The Hall–Kier alpha value is -2.04. The first-order valence-electron chi connectivity index (χ1n) is 6.83. The van der Waals surface area contributed by atoms with Gasteiger partial charge in [0.05, 0.1) is 0 Å². The molecule has 0 heterocycles. The van der Waals surface area contributed by atoms with Gasteiger partial charge in [0.2, 0.25) is 0 Å². The molecule has 2 aromatic carbocycles. The molecule has 0 aliphatic rings. The second-order valence-electron chi connectivity index (χ2n) is 4.52. The van der Waals surface area contributed by atoms with Gasteiger partial charge in [0, 0.05) is 0 Å². The molecule has 2 rings (SSSR count). The van der Waals surface area contributed by atoms with Crippen LogP contribution in [0.1, 0.15) is 11.1 Å². The van der Waals surface area contributed by atoms with Crippen molar-refractivity contribution in [3.05, 3.63) is 83.9 Å². The Morgan fingerprint density at radius 3 is 1.41 bits per heavy atom. The third-order valence-corrected chi connectivity index (χ3v) is 3.31. The standard InChI is InChI=1S/C18H16O2S2/c21-17(19-13-15-7-3-1-4-8-15)11-12-18(22)20-14-16-9-5-2-6-10-16/h1-12H,13-14H2/b12-11+. The summed E-state index contributed by atoms with van der Waals surface area (Å²) >= 11 is 10.2. The van der Waals surface area contributed by atoms with Gasteiger partial charge in [-0.1, -0.05) is 60.7 Å². The van der Waals surface area contributed by atoms with Crippen LogP contribution in [-0.4, -0.2) is 10.1 Å². The van der Waals surface area contributed by atoms with Gasteiger partial charge in [-0.25, -0.2) is 0 Å². The molecule has 112 valence electrons. The molecule has 0 saturated carbocycles. The number of hydrogen-bond acceptors (Lipinski definition) is 4. The van der Waals surface area contributed by atoms with Gasteiger partial charge in [-0.2, -0.15) is 0 Å². The SMILES string of the molecule is S=C(/C=C/C(=S)OCc1ccccc1)OCc1ccccc1. The van der Waals surface area contributed by atoms with E-state index in [1.807, 2.05) is 60.7 Å². The van der Waals surface area contributed by atoms with E-state index in [9.17, 15) is 0 Å². The Bertz CT molecular complexity index is 579. The van der Waals surface area contributed by atoms with Crippen LogP contribution in [0.5, 0.6) is 0 Å².